The van der Waals surface area contributed by atoms with Gasteiger partial charge in [0.2, 0.25) is 5.91 Å². The fourth-order valence-electron chi connectivity index (χ4n) is 4.92. The Morgan fingerprint density at radius 1 is 1.06 bits per heavy atom. The van der Waals surface area contributed by atoms with Gasteiger partial charge in [-0.15, -0.1) is 0 Å². The highest BCUT2D eigenvalue weighted by atomic mass is 16.5. The molecule has 3 N–H and O–H groups in total. The van der Waals surface area contributed by atoms with Crippen molar-refractivity contribution in [3.63, 3.8) is 0 Å². The van der Waals surface area contributed by atoms with Gasteiger partial charge in [-0.3, -0.25) is 9.48 Å². The van der Waals surface area contributed by atoms with Gasteiger partial charge < -0.3 is 20.5 Å². The summed E-state index contributed by atoms with van der Waals surface area (Å²) >= 11 is 0. The van der Waals surface area contributed by atoms with Gasteiger partial charge in [-0.1, -0.05) is 48.5 Å². The van der Waals surface area contributed by atoms with Crippen LogP contribution >= 0.6 is 0 Å². The number of hydrogen-bond acceptors (Lipinski definition) is 5. The number of fused-ring (bicyclic) bond motifs is 3. The number of hydrogen-bond donors (Lipinski definition) is 3. The van der Waals surface area contributed by atoms with E-state index in [0.717, 1.165) is 11.1 Å². The quantitative estimate of drug-likeness (QED) is 0.484. The zero-order valence-electron chi connectivity index (χ0n) is 19.2. The summed E-state index contributed by atoms with van der Waals surface area (Å²) in [7, 11) is 1.63. The summed E-state index contributed by atoms with van der Waals surface area (Å²) < 4.78 is 7.01. The Hall–Kier alpha value is -4.14. The molecule has 9 heteroatoms. The molecule has 0 unspecified atom stereocenters. The van der Waals surface area contributed by atoms with Gasteiger partial charge in [0.05, 0.1) is 18.4 Å². The van der Waals surface area contributed by atoms with Crippen LogP contribution < -0.4 is 10.6 Å². The number of benzene rings is 2. The molecule has 1 heterocycles. The first-order chi connectivity index (χ1) is 16.9. The molecule has 9 nitrogen and oxygen atoms in total. The number of rotatable bonds is 7. The Kier molecular flexibility index (Phi) is 5.98. The van der Waals surface area contributed by atoms with Crippen molar-refractivity contribution < 1.29 is 24.2 Å². The molecule has 0 spiro atoms. The van der Waals surface area contributed by atoms with Crippen LogP contribution in [0.15, 0.2) is 54.7 Å². The van der Waals surface area contributed by atoms with Crippen molar-refractivity contribution >= 4 is 18.0 Å². The van der Waals surface area contributed by atoms with Crippen molar-refractivity contribution in [2.24, 2.45) is 13.0 Å². The van der Waals surface area contributed by atoms with Gasteiger partial charge in [0.15, 0.2) is 0 Å². The van der Waals surface area contributed by atoms with Crippen LogP contribution in [0.5, 0.6) is 0 Å². The van der Waals surface area contributed by atoms with Crippen LogP contribution in [0.1, 0.15) is 45.9 Å². The average Bonchev–Trinajstić information content (AvgIpc) is 3.36. The molecule has 3 aromatic rings. The van der Waals surface area contributed by atoms with Crippen molar-refractivity contribution in [3.05, 3.63) is 77.1 Å². The number of carboxylic acid groups (broad SMARTS) is 1. The van der Waals surface area contributed by atoms with Crippen molar-refractivity contribution in [2.75, 3.05) is 6.61 Å². The normalized spacial score (nSPS) is 18.2. The number of ether oxygens (including phenoxy) is 1. The van der Waals surface area contributed by atoms with Gasteiger partial charge in [-0.2, -0.15) is 5.10 Å². The molecule has 0 aliphatic heterocycles. The second-order valence-electron chi connectivity index (χ2n) is 8.99. The van der Waals surface area contributed by atoms with E-state index in [1.54, 1.807) is 7.05 Å². The monoisotopic (exact) mass is 474 g/mol. The lowest BCUT2D eigenvalue weighted by molar-refractivity contribution is -0.128. The highest BCUT2D eigenvalue weighted by Gasteiger charge is 2.36. The summed E-state index contributed by atoms with van der Waals surface area (Å²) in [5, 5.41) is 18.8. The summed E-state index contributed by atoms with van der Waals surface area (Å²) in [5.41, 5.74) is 5.15. The molecule has 2 aliphatic carbocycles. The number of carbonyl (C=O) groups excluding carboxylic acids is 2. The SMILES string of the molecule is Cn1ncc(C(=O)O)c1CNC(=O)C1CC(NC(=O)OCC2c3ccccc3-c3ccccc32)C1. The van der Waals surface area contributed by atoms with Crippen LogP contribution in [0, 0.1) is 5.92 Å². The third-order valence-electron chi connectivity index (χ3n) is 6.90. The van der Waals surface area contributed by atoms with Crippen molar-refractivity contribution in [3.8, 4) is 11.1 Å². The maximum absolute atomic E-state index is 12.4. The van der Waals surface area contributed by atoms with E-state index in [9.17, 15) is 19.5 Å². The molecule has 0 radical (unpaired) electrons. The van der Waals surface area contributed by atoms with Gasteiger partial charge in [0, 0.05) is 24.9 Å². The van der Waals surface area contributed by atoms with Crippen LogP contribution in [-0.2, 0) is 23.1 Å². The van der Waals surface area contributed by atoms with Crippen LogP contribution in [0.2, 0.25) is 0 Å². The minimum atomic E-state index is -1.08. The predicted octanol–water partition coefficient (Wildman–Crippen LogP) is 3.05. The maximum atomic E-state index is 12.4. The summed E-state index contributed by atoms with van der Waals surface area (Å²) in [6.45, 7) is 0.324. The van der Waals surface area contributed by atoms with E-state index in [1.807, 2.05) is 24.3 Å². The number of aryl methyl sites for hydroxylation is 1. The Balaban J connectivity index is 1.09. The third kappa shape index (κ3) is 4.37. The van der Waals surface area contributed by atoms with Gasteiger partial charge >= 0.3 is 12.1 Å². The molecule has 180 valence electrons. The van der Waals surface area contributed by atoms with Crippen molar-refractivity contribution in [1.29, 1.82) is 0 Å². The van der Waals surface area contributed by atoms with Crippen LogP contribution in [-0.4, -0.2) is 45.5 Å². The first-order valence-corrected chi connectivity index (χ1v) is 11.6. The zero-order valence-corrected chi connectivity index (χ0v) is 19.2. The molecule has 5 rings (SSSR count). The number of alkyl carbamates (subject to hydrolysis) is 1. The minimum Gasteiger partial charge on any atom is -0.478 e. The Morgan fingerprint density at radius 2 is 1.69 bits per heavy atom. The lowest BCUT2D eigenvalue weighted by atomic mass is 9.79. The highest BCUT2D eigenvalue weighted by Crippen LogP contribution is 2.44. The lowest BCUT2D eigenvalue weighted by Crippen LogP contribution is -2.49. The van der Waals surface area contributed by atoms with Crippen LogP contribution in [0.4, 0.5) is 4.79 Å². The smallest absolute Gasteiger partial charge is 0.407 e. The average molecular weight is 475 g/mol. The second kappa shape index (κ2) is 9.25. The van der Waals surface area contributed by atoms with Gasteiger partial charge in [-0.25, -0.2) is 9.59 Å². The first-order valence-electron chi connectivity index (χ1n) is 11.6. The van der Waals surface area contributed by atoms with Crippen molar-refractivity contribution in [1.82, 2.24) is 20.4 Å². The zero-order chi connectivity index (χ0) is 24.5. The van der Waals surface area contributed by atoms with E-state index >= 15 is 0 Å². The highest BCUT2D eigenvalue weighted by molar-refractivity contribution is 5.89. The molecular formula is C26H26N4O5. The molecule has 35 heavy (non-hydrogen) atoms. The summed E-state index contributed by atoms with van der Waals surface area (Å²) in [5.74, 6) is -1.50. The summed E-state index contributed by atoms with van der Waals surface area (Å²) in [4.78, 5) is 36.1. The Bertz CT molecular complexity index is 1250. The molecule has 0 saturated heterocycles. The van der Waals surface area contributed by atoms with Crippen LogP contribution in [0.3, 0.4) is 0 Å². The number of carbonyl (C=O) groups is 3. The first kappa shape index (κ1) is 22.6. The van der Waals surface area contributed by atoms with Gasteiger partial charge in [-0.05, 0) is 35.1 Å². The Labute approximate surface area is 202 Å². The molecule has 1 aromatic heterocycles. The number of nitrogens with one attached hydrogen (secondary N) is 2. The van der Waals surface area contributed by atoms with E-state index in [0.29, 0.717) is 18.5 Å². The fourth-order valence-corrected chi connectivity index (χ4v) is 4.92. The summed E-state index contributed by atoms with van der Waals surface area (Å²) in [6.07, 6.45) is 1.79. The molecule has 0 atom stereocenters. The molecular weight excluding hydrogens is 448 g/mol. The number of carboxylic acids is 1. The second-order valence-corrected chi connectivity index (χ2v) is 8.99. The number of amides is 2. The topological polar surface area (TPSA) is 123 Å². The standard InChI is InChI=1S/C26H26N4O5/c1-30-23(21(12-28-30)25(32)33)13-27-24(31)15-10-16(11-15)29-26(34)35-14-22-19-8-4-2-6-17(19)18-7-3-5-9-20(18)22/h2-9,12,15-16,22H,10-11,13-14H2,1H3,(H,27,31)(H,29,34)(H,32,33). The molecule has 1 saturated carbocycles. The number of aromatic nitrogens is 2. The Morgan fingerprint density at radius 3 is 2.31 bits per heavy atom. The molecule has 2 amide bonds. The molecule has 0 bridgehead atoms. The van der Waals surface area contributed by atoms with E-state index in [4.69, 9.17) is 4.74 Å². The van der Waals surface area contributed by atoms with E-state index in [1.165, 1.54) is 22.0 Å². The van der Waals surface area contributed by atoms with Crippen molar-refractivity contribution in [2.45, 2.75) is 31.3 Å². The molecule has 2 aromatic carbocycles. The predicted molar refractivity (Wildman–Crippen MR) is 127 cm³/mol. The largest absolute Gasteiger partial charge is 0.478 e. The van der Waals surface area contributed by atoms with Crippen LogP contribution in [0.25, 0.3) is 11.1 Å². The fraction of sp³-hybridized carbons (Fsp3) is 0.308. The summed E-state index contributed by atoms with van der Waals surface area (Å²) in [6, 6.07) is 16.2. The lowest BCUT2D eigenvalue weighted by Gasteiger charge is -2.34. The third-order valence-corrected chi connectivity index (χ3v) is 6.90. The number of aromatic carboxylic acids is 1. The molecule has 2 aliphatic rings. The van der Waals surface area contributed by atoms with E-state index in [2.05, 4.69) is 40.0 Å². The van der Waals surface area contributed by atoms with E-state index < -0.39 is 12.1 Å². The minimum absolute atomic E-state index is 0.00392. The maximum Gasteiger partial charge on any atom is 0.407 e. The van der Waals surface area contributed by atoms with Gasteiger partial charge in [0.25, 0.3) is 0 Å². The van der Waals surface area contributed by atoms with E-state index in [-0.39, 0.29) is 42.5 Å². The molecule has 1 fully saturated rings. The van der Waals surface area contributed by atoms with Gasteiger partial charge in [0.1, 0.15) is 12.2 Å². The number of nitrogens with zero attached hydrogens (tertiary/aromatic N) is 2.